The lowest BCUT2D eigenvalue weighted by atomic mass is 10.0. The Bertz CT molecular complexity index is 1230. The molecule has 0 unspecified atom stereocenters. The van der Waals surface area contributed by atoms with Gasteiger partial charge in [-0.3, -0.25) is 9.97 Å². The second-order valence-electron chi connectivity index (χ2n) is 7.44. The molecule has 4 aromatic rings. The van der Waals surface area contributed by atoms with E-state index >= 15 is 0 Å². The Morgan fingerprint density at radius 1 is 0.968 bits per heavy atom. The highest BCUT2D eigenvalue weighted by atomic mass is 32.1. The highest BCUT2D eigenvalue weighted by Crippen LogP contribution is 2.42. The van der Waals surface area contributed by atoms with Crippen LogP contribution in [0.3, 0.4) is 0 Å². The maximum atomic E-state index is 14.0. The van der Waals surface area contributed by atoms with Crippen LogP contribution in [0.2, 0.25) is 0 Å². The number of rotatable bonds is 4. The smallest absolute Gasteiger partial charge is 0.174 e. The van der Waals surface area contributed by atoms with E-state index in [1.54, 1.807) is 31.6 Å². The summed E-state index contributed by atoms with van der Waals surface area (Å²) in [5.74, 6) is -0.236. The van der Waals surface area contributed by atoms with Gasteiger partial charge in [-0.15, -0.1) is 0 Å². The van der Waals surface area contributed by atoms with Crippen LogP contribution in [-0.4, -0.2) is 19.6 Å². The Balaban J connectivity index is 1.68. The van der Waals surface area contributed by atoms with Crippen molar-refractivity contribution in [1.82, 2.24) is 19.9 Å². The van der Waals surface area contributed by atoms with E-state index in [1.807, 2.05) is 53.6 Å². The third-order valence-corrected chi connectivity index (χ3v) is 5.86. The topological polar surface area (TPSA) is 46.0 Å². The first-order valence-corrected chi connectivity index (χ1v) is 10.4. The zero-order valence-corrected chi connectivity index (χ0v) is 17.6. The molecule has 0 aliphatic carbocycles. The predicted molar refractivity (Wildman–Crippen MR) is 123 cm³/mol. The second kappa shape index (κ2) is 7.92. The predicted octanol–water partition coefficient (Wildman–Crippen LogP) is 4.89. The molecule has 1 N–H and O–H groups in total. The van der Waals surface area contributed by atoms with Gasteiger partial charge in [0.15, 0.2) is 5.11 Å². The molecule has 4 heterocycles. The quantitative estimate of drug-likeness (QED) is 0.468. The van der Waals surface area contributed by atoms with Gasteiger partial charge in [-0.1, -0.05) is 6.07 Å². The molecule has 5 rings (SSSR count). The summed E-state index contributed by atoms with van der Waals surface area (Å²) >= 11 is 5.76. The average molecular weight is 430 g/mol. The van der Waals surface area contributed by atoms with Crippen LogP contribution in [0.15, 0.2) is 85.5 Å². The van der Waals surface area contributed by atoms with Gasteiger partial charge in [0.2, 0.25) is 0 Å². The van der Waals surface area contributed by atoms with Gasteiger partial charge in [-0.25, -0.2) is 4.39 Å². The lowest BCUT2D eigenvalue weighted by Crippen LogP contribution is -2.30. The molecular weight excluding hydrogens is 409 g/mol. The highest BCUT2D eigenvalue weighted by molar-refractivity contribution is 7.80. The number of hydrogen-bond donors (Lipinski definition) is 1. The van der Waals surface area contributed by atoms with Crippen LogP contribution in [0.4, 0.5) is 10.1 Å². The van der Waals surface area contributed by atoms with Crippen molar-refractivity contribution in [2.75, 3.05) is 4.90 Å². The normalized spacial score (nSPS) is 18.3. The minimum absolute atomic E-state index is 0.172. The lowest BCUT2D eigenvalue weighted by Gasteiger charge is -2.29. The molecule has 1 saturated heterocycles. The molecule has 0 amide bonds. The minimum Gasteiger partial charge on any atom is -0.351 e. The molecular formula is C24H20FN5S. The summed E-state index contributed by atoms with van der Waals surface area (Å²) in [6, 6.07) is 18.6. The van der Waals surface area contributed by atoms with E-state index in [0.29, 0.717) is 10.7 Å². The molecule has 0 bridgehead atoms. The molecule has 1 aliphatic heterocycles. The Hall–Kier alpha value is -3.58. The van der Waals surface area contributed by atoms with Crippen molar-refractivity contribution in [2.24, 2.45) is 0 Å². The third-order valence-electron chi connectivity index (χ3n) is 5.54. The number of nitrogens with zero attached hydrogens (tertiary/aromatic N) is 4. The number of thiocarbonyl (C=S) groups is 1. The van der Waals surface area contributed by atoms with E-state index in [-0.39, 0.29) is 17.9 Å². The van der Waals surface area contributed by atoms with Crippen molar-refractivity contribution >= 4 is 23.0 Å². The number of aryl methyl sites for hydroxylation is 1. The van der Waals surface area contributed by atoms with Crippen molar-refractivity contribution in [3.05, 3.63) is 108 Å². The van der Waals surface area contributed by atoms with Crippen LogP contribution in [0.1, 0.15) is 29.0 Å². The third kappa shape index (κ3) is 3.47. The fourth-order valence-electron chi connectivity index (χ4n) is 4.09. The Morgan fingerprint density at radius 2 is 1.81 bits per heavy atom. The summed E-state index contributed by atoms with van der Waals surface area (Å²) < 4.78 is 16.1. The van der Waals surface area contributed by atoms with Crippen LogP contribution in [-0.2, 0) is 0 Å². The van der Waals surface area contributed by atoms with E-state index in [1.165, 1.54) is 6.07 Å². The van der Waals surface area contributed by atoms with Gasteiger partial charge in [0, 0.05) is 41.9 Å². The zero-order chi connectivity index (χ0) is 21.4. The first-order chi connectivity index (χ1) is 15.1. The van der Waals surface area contributed by atoms with Gasteiger partial charge in [-0.05, 0) is 79.3 Å². The second-order valence-corrected chi connectivity index (χ2v) is 7.83. The van der Waals surface area contributed by atoms with Gasteiger partial charge in [-0.2, -0.15) is 0 Å². The number of aromatic nitrogens is 3. The van der Waals surface area contributed by atoms with Gasteiger partial charge in [0.25, 0.3) is 0 Å². The molecule has 1 fully saturated rings. The average Bonchev–Trinajstić information content (AvgIpc) is 3.41. The maximum Gasteiger partial charge on any atom is 0.174 e. The Morgan fingerprint density at radius 3 is 2.55 bits per heavy atom. The number of halogens is 1. The van der Waals surface area contributed by atoms with Crippen molar-refractivity contribution in [1.29, 1.82) is 0 Å². The van der Waals surface area contributed by atoms with E-state index in [2.05, 4.69) is 25.9 Å². The summed E-state index contributed by atoms with van der Waals surface area (Å²) in [6.45, 7) is 1.76. The van der Waals surface area contributed by atoms with Crippen molar-refractivity contribution in [3.8, 4) is 5.69 Å². The summed E-state index contributed by atoms with van der Waals surface area (Å²) in [5.41, 5.74) is 4.34. The van der Waals surface area contributed by atoms with E-state index < -0.39 is 0 Å². The lowest BCUT2D eigenvalue weighted by molar-refractivity contribution is 0.549. The molecule has 154 valence electrons. The zero-order valence-electron chi connectivity index (χ0n) is 16.8. The number of pyridine rings is 2. The van der Waals surface area contributed by atoms with Gasteiger partial charge in [0.05, 0.1) is 11.7 Å². The summed E-state index contributed by atoms with van der Waals surface area (Å²) in [4.78, 5) is 10.8. The minimum atomic E-state index is -0.236. The van der Waals surface area contributed by atoms with Crippen molar-refractivity contribution in [2.45, 2.75) is 19.0 Å². The molecule has 0 saturated carbocycles. The number of benzene rings is 1. The fraction of sp³-hybridized carbons (Fsp3) is 0.125. The van der Waals surface area contributed by atoms with Crippen molar-refractivity contribution < 1.29 is 4.39 Å². The first kappa shape index (κ1) is 19.4. The molecule has 0 radical (unpaired) electrons. The molecule has 7 heteroatoms. The largest absolute Gasteiger partial charge is 0.351 e. The molecule has 0 spiro atoms. The van der Waals surface area contributed by atoms with Crippen LogP contribution in [0, 0.1) is 12.7 Å². The van der Waals surface area contributed by atoms with Gasteiger partial charge < -0.3 is 14.8 Å². The molecule has 1 aliphatic rings. The van der Waals surface area contributed by atoms with Gasteiger partial charge >= 0.3 is 0 Å². The van der Waals surface area contributed by atoms with Crippen LogP contribution >= 0.6 is 12.2 Å². The maximum absolute atomic E-state index is 14.0. The van der Waals surface area contributed by atoms with Crippen LogP contribution in [0.25, 0.3) is 5.69 Å². The fourth-order valence-corrected chi connectivity index (χ4v) is 4.43. The van der Waals surface area contributed by atoms with Crippen LogP contribution in [0.5, 0.6) is 0 Å². The highest BCUT2D eigenvalue weighted by Gasteiger charge is 2.42. The summed E-state index contributed by atoms with van der Waals surface area (Å²) in [7, 11) is 0. The Labute approximate surface area is 185 Å². The SMILES string of the molecule is Cc1cc(N2C(=S)N[C@H](c3ccccn3)[C@@H]2c2cccn2-c2ccncc2)ccc1F. The first-order valence-electron chi connectivity index (χ1n) is 9.98. The van der Waals surface area contributed by atoms with Crippen LogP contribution < -0.4 is 10.2 Å². The Kier molecular flexibility index (Phi) is 4.95. The number of nitrogens with one attached hydrogen (secondary N) is 1. The van der Waals surface area contributed by atoms with E-state index in [9.17, 15) is 4.39 Å². The molecule has 5 nitrogen and oxygen atoms in total. The van der Waals surface area contributed by atoms with E-state index in [4.69, 9.17) is 12.2 Å². The number of hydrogen-bond acceptors (Lipinski definition) is 3. The summed E-state index contributed by atoms with van der Waals surface area (Å²) in [6.07, 6.45) is 7.35. The van der Waals surface area contributed by atoms with Crippen molar-refractivity contribution in [3.63, 3.8) is 0 Å². The standard InChI is InChI=1S/C24H20FN5S/c1-16-15-18(7-8-19(16)25)30-23(22(28-24(30)31)20-5-2-3-11-27-20)21-6-4-14-29(21)17-9-12-26-13-10-17/h2-15,22-23H,1H3,(H,28,31)/t22-,23+/m1/s1. The monoisotopic (exact) mass is 429 g/mol. The molecule has 1 aromatic carbocycles. The molecule has 2 atom stereocenters. The molecule has 3 aromatic heterocycles. The van der Waals surface area contributed by atoms with E-state index in [0.717, 1.165) is 22.8 Å². The number of anilines is 1. The molecule has 31 heavy (non-hydrogen) atoms. The summed E-state index contributed by atoms with van der Waals surface area (Å²) in [5, 5.41) is 4.02. The van der Waals surface area contributed by atoms with Gasteiger partial charge in [0.1, 0.15) is 11.9 Å².